The number of rotatable bonds is 3. The van der Waals surface area contributed by atoms with Crippen molar-refractivity contribution in [2.24, 2.45) is 5.73 Å². The van der Waals surface area contributed by atoms with Crippen molar-refractivity contribution >= 4 is 11.5 Å². The molecule has 1 unspecified atom stereocenters. The quantitative estimate of drug-likeness (QED) is 0.936. The van der Waals surface area contributed by atoms with Gasteiger partial charge >= 0.3 is 0 Å². The largest absolute Gasteiger partial charge is 0.319 e. The average molecular weight is 279 g/mol. The zero-order chi connectivity index (χ0) is 14.2. The molecule has 5 heteroatoms. The molecule has 102 valence electrons. The van der Waals surface area contributed by atoms with E-state index in [4.69, 9.17) is 5.73 Å². The van der Waals surface area contributed by atoms with Crippen LogP contribution in [0.3, 0.4) is 0 Å². The first kappa shape index (κ1) is 14.1. The first-order valence-electron chi connectivity index (χ1n) is 6.26. The van der Waals surface area contributed by atoms with Gasteiger partial charge in [0.25, 0.3) is 0 Å². The van der Waals surface area contributed by atoms with Crippen molar-refractivity contribution in [1.29, 1.82) is 0 Å². The summed E-state index contributed by atoms with van der Waals surface area (Å²) in [4.78, 5) is 0.848. The molecule has 0 radical (unpaired) electrons. The molecule has 0 saturated heterocycles. The zero-order valence-corrected chi connectivity index (χ0v) is 12.4. The summed E-state index contributed by atoms with van der Waals surface area (Å²) in [5.74, 6) is -0.0262. The van der Waals surface area contributed by atoms with Crippen LogP contribution in [0.25, 0.3) is 0 Å². The molecule has 0 aliphatic rings. The Balaban J connectivity index is 2.50. The smallest absolute Gasteiger partial charge is 0.128 e. The van der Waals surface area contributed by atoms with E-state index >= 15 is 0 Å². The summed E-state index contributed by atoms with van der Waals surface area (Å²) >= 11 is 1.25. The third-order valence-electron chi connectivity index (χ3n) is 3.16. The molecule has 0 bridgehead atoms. The van der Waals surface area contributed by atoms with E-state index in [-0.39, 0.29) is 11.7 Å². The first-order chi connectivity index (χ1) is 8.91. The summed E-state index contributed by atoms with van der Waals surface area (Å²) in [5, 5.41) is 4.11. The number of hydrogen-bond acceptors (Lipinski definition) is 4. The summed E-state index contributed by atoms with van der Waals surface area (Å²) in [5.41, 5.74) is 9.41. The van der Waals surface area contributed by atoms with Crippen molar-refractivity contribution in [3.63, 3.8) is 0 Å². The summed E-state index contributed by atoms with van der Waals surface area (Å²) in [6.07, 6.45) is 0. The molecule has 0 saturated carbocycles. The predicted molar refractivity (Wildman–Crippen MR) is 75.9 cm³/mol. The highest BCUT2D eigenvalue weighted by molar-refractivity contribution is 7.05. The Bertz CT molecular complexity index is 569. The molecule has 2 rings (SSSR count). The van der Waals surface area contributed by atoms with Gasteiger partial charge in [0.15, 0.2) is 0 Å². The third kappa shape index (κ3) is 2.67. The minimum Gasteiger partial charge on any atom is -0.319 e. The summed E-state index contributed by atoms with van der Waals surface area (Å²) in [6.45, 7) is 7.82. The lowest BCUT2D eigenvalue weighted by molar-refractivity contribution is 0.595. The van der Waals surface area contributed by atoms with Crippen LogP contribution in [0.2, 0.25) is 0 Å². The second-order valence-corrected chi connectivity index (χ2v) is 5.92. The standard InChI is InChI=1S/C14H18FN3S/c1-7(2)13-14(19-18-17-13)12(16)11-9(4)5-8(3)6-10(11)15/h5-7,12H,16H2,1-4H3. The number of halogens is 1. The lowest BCUT2D eigenvalue weighted by Crippen LogP contribution is -2.16. The maximum Gasteiger partial charge on any atom is 0.128 e. The van der Waals surface area contributed by atoms with Gasteiger partial charge in [0.05, 0.1) is 16.6 Å². The molecule has 1 aromatic carbocycles. The Kier molecular flexibility index (Phi) is 3.96. The van der Waals surface area contributed by atoms with Crippen LogP contribution in [-0.2, 0) is 0 Å². The number of nitrogens with two attached hydrogens (primary N) is 1. The van der Waals surface area contributed by atoms with E-state index in [1.807, 2.05) is 33.8 Å². The predicted octanol–water partition coefficient (Wildman–Crippen LogP) is 3.47. The molecule has 0 aliphatic carbocycles. The Hall–Kier alpha value is -1.33. The maximum absolute atomic E-state index is 14.2. The zero-order valence-electron chi connectivity index (χ0n) is 11.6. The van der Waals surface area contributed by atoms with Gasteiger partial charge in [0, 0.05) is 5.56 Å². The molecule has 3 nitrogen and oxygen atoms in total. The van der Waals surface area contributed by atoms with Crippen LogP contribution in [0, 0.1) is 19.7 Å². The normalized spacial score (nSPS) is 13.0. The minimum atomic E-state index is -0.502. The molecule has 1 atom stereocenters. The molecule has 1 aromatic heterocycles. The van der Waals surface area contributed by atoms with Crippen LogP contribution in [0.1, 0.15) is 53.1 Å². The van der Waals surface area contributed by atoms with E-state index in [0.29, 0.717) is 5.56 Å². The molecular formula is C14H18FN3S. The van der Waals surface area contributed by atoms with Gasteiger partial charge in [-0.05, 0) is 48.5 Å². The maximum atomic E-state index is 14.2. The highest BCUT2D eigenvalue weighted by Gasteiger charge is 2.23. The van der Waals surface area contributed by atoms with Gasteiger partial charge in [-0.15, -0.1) is 5.10 Å². The fourth-order valence-electron chi connectivity index (χ4n) is 2.27. The first-order valence-corrected chi connectivity index (χ1v) is 7.03. The molecule has 2 aromatic rings. The fraction of sp³-hybridized carbons (Fsp3) is 0.429. The summed E-state index contributed by atoms with van der Waals surface area (Å²) < 4.78 is 18.1. The lowest BCUT2D eigenvalue weighted by Gasteiger charge is -2.16. The van der Waals surface area contributed by atoms with Crippen molar-refractivity contribution in [3.05, 3.63) is 45.2 Å². The lowest BCUT2D eigenvalue weighted by atomic mass is 9.95. The molecule has 0 fully saturated rings. The van der Waals surface area contributed by atoms with Crippen molar-refractivity contribution in [2.75, 3.05) is 0 Å². The monoisotopic (exact) mass is 279 g/mol. The van der Waals surface area contributed by atoms with Gasteiger partial charge in [-0.1, -0.05) is 24.4 Å². The number of aromatic nitrogens is 2. The number of aryl methyl sites for hydroxylation is 2. The molecule has 0 amide bonds. The number of benzene rings is 1. The number of hydrogen-bond donors (Lipinski definition) is 1. The average Bonchev–Trinajstić information content (AvgIpc) is 2.75. The Labute approximate surface area is 116 Å². The molecular weight excluding hydrogens is 261 g/mol. The minimum absolute atomic E-state index is 0.230. The highest BCUT2D eigenvalue weighted by atomic mass is 32.1. The Morgan fingerprint density at radius 1 is 1.26 bits per heavy atom. The second-order valence-electron chi connectivity index (χ2n) is 5.13. The van der Waals surface area contributed by atoms with Crippen molar-refractivity contribution < 1.29 is 4.39 Å². The summed E-state index contributed by atoms with van der Waals surface area (Å²) in [6, 6.07) is 2.96. The molecule has 0 spiro atoms. The summed E-state index contributed by atoms with van der Waals surface area (Å²) in [7, 11) is 0. The van der Waals surface area contributed by atoms with Crippen LogP contribution in [0.4, 0.5) is 4.39 Å². The molecule has 2 N–H and O–H groups in total. The number of nitrogens with zero attached hydrogens (tertiary/aromatic N) is 2. The van der Waals surface area contributed by atoms with Gasteiger partial charge in [-0.25, -0.2) is 4.39 Å². The third-order valence-corrected chi connectivity index (χ3v) is 3.98. The van der Waals surface area contributed by atoms with E-state index < -0.39 is 6.04 Å². The van der Waals surface area contributed by atoms with Gasteiger partial charge in [-0.2, -0.15) is 0 Å². The van der Waals surface area contributed by atoms with Crippen LogP contribution < -0.4 is 5.73 Å². The Morgan fingerprint density at radius 2 is 1.95 bits per heavy atom. The van der Waals surface area contributed by atoms with Gasteiger partial charge in [0.2, 0.25) is 0 Å². The van der Waals surface area contributed by atoms with Gasteiger partial charge in [-0.3, -0.25) is 0 Å². The van der Waals surface area contributed by atoms with Crippen LogP contribution in [-0.4, -0.2) is 9.59 Å². The SMILES string of the molecule is Cc1cc(C)c(C(N)c2snnc2C(C)C)c(F)c1. The van der Waals surface area contributed by atoms with E-state index in [0.717, 1.165) is 21.7 Å². The fourth-order valence-corrected chi connectivity index (χ4v) is 3.09. The highest BCUT2D eigenvalue weighted by Crippen LogP contribution is 2.32. The van der Waals surface area contributed by atoms with E-state index in [1.165, 1.54) is 17.6 Å². The Morgan fingerprint density at radius 3 is 2.53 bits per heavy atom. The van der Waals surface area contributed by atoms with Crippen LogP contribution in [0.5, 0.6) is 0 Å². The van der Waals surface area contributed by atoms with E-state index in [1.54, 1.807) is 0 Å². The van der Waals surface area contributed by atoms with Crippen LogP contribution in [0.15, 0.2) is 12.1 Å². The molecule has 1 heterocycles. The second kappa shape index (κ2) is 5.35. The van der Waals surface area contributed by atoms with Crippen molar-refractivity contribution in [1.82, 2.24) is 9.59 Å². The van der Waals surface area contributed by atoms with Crippen molar-refractivity contribution in [2.45, 2.75) is 39.7 Å². The van der Waals surface area contributed by atoms with Crippen LogP contribution >= 0.6 is 11.5 Å². The van der Waals surface area contributed by atoms with Crippen molar-refractivity contribution in [3.8, 4) is 0 Å². The van der Waals surface area contributed by atoms with Gasteiger partial charge in [0.1, 0.15) is 5.82 Å². The van der Waals surface area contributed by atoms with E-state index in [2.05, 4.69) is 9.59 Å². The topological polar surface area (TPSA) is 51.8 Å². The van der Waals surface area contributed by atoms with E-state index in [9.17, 15) is 4.39 Å². The van der Waals surface area contributed by atoms with Gasteiger partial charge < -0.3 is 5.73 Å². The molecule has 0 aliphatic heterocycles. The molecule has 19 heavy (non-hydrogen) atoms.